The minimum absolute atomic E-state index is 0.0120. The van der Waals surface area contributed by atoms with Crippen LogP contribution < -0.4 is 10.6 Å². The van der Waals surface area contributed by atoms with Gasteiger partial charge in [-0.3, -0.25) is 9.89 Å². The molecule has 0 aromatic carbocycles. The summed E-state index contributed by atoms with van der Waals surface area (Å²) >= 11 is 0. The van der Waals surface area contributed by atoms with Crippen molar-refractivity contribution in [2.24, 2.45) is 10.9 Å². The molecule has 10 heteroatoms. The van der Waals surface area contributed by atoms with Crippen molar-refractivity contribution >= 4 is 5.96 Å². The van der Waals surface area contributed by atoms with Gasteiger partial charge >= 0.3 is 12.4 Å². The lowest BCUT2D eigenvalue weighted by Crippen LogP contribution is -2.47. The maximum atomic E-state index is 12.9. The summed E-state index contributed by atoms with van der Waals surface area (Å²) in [6.45, 7) is 1.53. The van der Waals surface area contributed by atoms with E-state index in [1.807, 2.05) is 6.92 Å². The summed E-state index contributed by atoms with van der Waals surface area (Å²) in [5, 5.41) is 5.90. The fourth-order valence-corrected chi connectivity index (χ4v) is 2.85. The van der Waals surface area contributed by atoms with Crippen LogP contribution in [0.1, 0.15) is 32.6 Å². The zero-order valence-electron chi connectivity index (χ0n) is 14.5. The molecule has 0 aromatic rings. The fourth-order valence-electron chi connectivity index (χ4n) is 2.85. The predicted molar refractivity (Wildman–Crippen MR) is 84.5 cm³/mol. The van der Waals surface area contributed by atoms with E-state index in [4.69, 9.17) is 0 Å². The molecule has 1 rings (SSSR count). The molecule has 0 aliphatic heterocycles. The van der Waals surface area contributed by atoms with Crippen molar-refractivity contribution in [1.29, 1.82) is 0 Å². The summed E-state index contributed by atoms with van der Waals surface area (Å²) < 4.78 is 75.3. The van der Waals surface area contributed by atoms with Crippen molar-refractivity contribution in [3.8, 4) is 0 Å². The van der Waals surface area contributed by atoms with E-state index in [-0.39, 0.29) is 32.0 Å². The lowest BCUT2D eigenvalue weighted by atomic mass is 9.85. The number of hydrogen-bond donors (Lipinski definition) is 2. The van der Waals surface area contributed by atoms with Gasteiger partial charge in [0.05, 0.1) is 19.0 Å². The third-order valence-electron chi connectivity index (χ3n) is 4.02. The average molecular weight is 376 g/mol. The Kier molecular flexibility index (Phi) is 8.30. The zero-order chi connectivity index (χ0) is 19.1. The average Bonchev–Trinajstić information content (AvgIpc) is 2.45. The van der Waals surface area contributed by atoms with Gasteiger partial charge in [0.25, 0.3) is 0 Å². The highest BCUT2D eigenvalue weighted by molar-refractivity contribution is 5.80. The van der Waals surface area contributed by atoms with Gasteiger partial charge in [0.15, 0.2) is 5.96 Å². The van der Waals surface area contributed by atoms with Gasteiger partial charge in [-0.15, -0.1) is 0 Å². The SMILES string of the molecule is CCNC(=NCCN(C)CC(F)(F)F)NC1CCCC(C(F)(F)F)C1. The summed E-state index contributed by atoms with van der Waals surface area (Å²) in [4.78, 5) is 5.27. The first-order chi connectivity index (χ1) is 11.5. The van der Waals surface area contributed by atoms with Crippen LogP contribution in [0.15, 0.2) is 4.99 Å². The van der Waals surface area contributed by atoms with E-state index in [0.717, 1.165) is 4.90 Å². The highest BCUT2D eigenvalue weighted by Crippen LogP contribution is 2.37. The number of likely N-dealkylation sites (N-methyl/N-ethyl adjacent to an activating group) is 1. The summed E-state index contributed by atoms with van der Waals surface area (Å²) in [6.07, 6.45) is -7.24. The van der Waals surface area contributed by atoms with Gasteiger partial charge in [-0.1, -0.05) is 6.42 Å². The Labute approximate surface area is 144 Å². The van der Waals surface area contributed by atoms with Gasteiger partial charge in [-0.25, -0.2) is 0 Å². The maximum Gasteiger partial charge on any atom is 0.401 e. The van der Waals surface area contributed by atoms with Crippen molar-refractivity contribution in [3.63, 3.8) is 0 Å². The minimum Gasteiger partial charge on any atom is -0.357 e. The van der Waals surface area contributed by atoms with Gasteiger partial charge in [-0.2, -0.15) is 26.3 Å². The van der Waals surface area contributed by atoms with Crippen molar-refractivity contribution in [1.82, 2.24) is 15.5 Å². The van der Waals surface area contributed by atoms with E-state index in [1.54, 1.807) is 0 Å². The van der Waals surface area contributed by atoms with E-state index in [0.29, 0.717) is 25.3 Å². The molecule has 148 valence electrons. The van der Waals surface area contributed by atoms with Crippen LogP contribution in [0.4, 0.5) is 26.3 Å². The van der Waals surface area contributed by atoms with Crippen LogP contribution in [-0.4, -0.2) is 62.5 Å². The van der Waals surface area contributed by atoms with E-state index >= 15 is 0 Å². The van der Waals surface area contributed by atoms with Crippen molar-refractivity contribution in [2.45, 2.75) is 51.0 Å². The van der Waals surface area contributed by atoms with E-state index in [9.17, 15) is 26.3 Å². The van der Waals surface area contributed by atoms with E-state index < -0.39 is 24.8 Å². The number of rotatable bonds is 6. The predicted octanol–water partition coefficient (Wildman–Crippen LogP) is 3.16. The first-order valence-corrected chi connectivity index (χ1v) is 8.38. The van der Waals surface area contributed by atoms with Gasteiger partial charge in [0, 0.05) is 19.1 Å². The number of hydrogen-bond acceptors (Lipinski definition) is 2. The summed E-state index contributed by atoms with van der Waals surface area (Å²) in [5.74, 6) is -0.977. The Bertz CT molecular complexity index is 421. The highest BCUT2D eigenvalue weighted by Gasteiger charge is 2.42. The molecular weight excluding hydrogens is 350 g/mol. The fraction of sp³-hybridized carbons (Fsp3) is 0.933. The molecule has 0 bridgehead atoms. The Morgan fingerprint density at radius 2 is 1.84 bits per heavy atom. The molecule has 4 nitrogen and oxygen atoms in total. The molecule has 1 aliphatic rings. The van der Waals surface area contributed by atoms with Crippen LogP contribution in [-0.2, 0) is 0 Å². The molecule has 0 radical (unpaired) electrons. The van der Waals surface area contributed by atoms with E-state index in [1.165, 1.54) is 7.05 Å². The monoisotopic (exact) mass is 376 g/mol. The molecule has 0 spiro atoms. The van der Waals surface area contributed by atoms with Gasteiger partial charge in [0.1, 0.15) is 0 Å². The number of nitrogens with zero attached hydrogens (tertiary/aromatic N) is 2. The lowest BCUT2D eigenvalue weighted by molar-refractivity contribution is -0.183. The molecule has 2 atom stereocenters. The first kappa shape index (κ1) is 21.9. The molecule has 0 saturated heterocycles. The van der Waals surface area contributed by atoms with Gasteiger partial charge in [-0.05, 0) is 33.2 Å². The molecular formula is C15H26F6N4. The van der Waals surface area contributed by atoms with Crippen LogP contribution in [0.3, 0.4) is 0 Å². The van der Waals surface area contributed by atoms with E-state index in [2.05, 4.69) is 15.6 Å². The van der Waals surface area contributed by atoms with Gasteiger partial charge in [0.2, 0.25) is 0 Å². The van der Waals surface area contributed by atoms with Crippen molar-refractivity contribution in [3.05, 3.63) is 0 Å². The Hall–Kier alpha value is -1.19. The number of aliphatic imine (C=N–C) groups is 1. The number of guanidine groups is 1. The summed E-state index contributed by atoms with van der Waals surface area (Å²) in [5.41, 5.74) is 0. The summed E-state index contributed by atoms with van der Waals surface area (Å²) in [7, 11) is 1.35. The minimum atomic E-state index is -4.27. The lowest BCUT2D eigenvalue weighted by Gasteiger charge is -2.32. The molecule has 1 fully saturated rings. The molecule has 25 heavy (non-hydrogen) atoms. The number of nitrogens with one attached hydrogen (secondary N) is 2. The summed E-state index contributed by atoms with van der Waals surface area (Å²) in [6, 6.07) is -0.342. The second-order valence-corrected chi connectivity index (χ2v) is 6.36. The quantitative estimate of drug-likeness (QED) is 0.425. The van der Waals surface area contributed by atoms with Crippen molar-refractivity contribution < 1.29 is 26.3 Å². The highest BCUT2D eigenvalue weighted by atomic mass is 19.4. The number of alkyl halides is 6. The molecule has 0 aromatic heterocycles. The molecule has 2 N–H and O–H groups in total. The Morgan fingerprint density at radius 3 is 2.40 bits per heavy atom. The standard InChI is InChI=1S/C15H26F6N4/c1-3-22-13(23-7-8-25(2)10-14(16,17)18)24-12-6-4-5-11(9-12)15(19,20)21/h11-12H,3-10H2,1-2H3,(H2,22,23,24). The van der Waals surface area contributed by atoms with Crippen LogP contribution in [0.2, 0.25) is 0 Å². The Balaban J connectivity index is 2.52. The Morgan fingerprint density at radius 1 is 1.16 bits per heavy atom. The van der Waals surface area contributed by atoms with Crippen LogP contribution >= 0.6 is 0 Å². The number of halogens is 6. The van der Waals surface area contributed by atoms with Crippen molar-refractivity contribution in [2.75, 3.05) is 33.2 Å². The molecule has 2 unspecified atom stereocenters. The second kappa shape index (κ2) is 9.49. The largest absolute Gasteiger partial charge is 0.401 e. The normalized spacial score (nSPS) is 23.0. The first-order valence-electron chi connectivity index (χ1n) is 8.38. The topological polar surface area (TPSA) is 39.7 Å². The smallest absolute Gasteiger partial charge is 0.357 e. The molecule has 1 aliphatic carbocycles. The third kappa shape index (κ3) is 9.18. The van der Waals surface area contributed by atoms with Crippen LogP contribution in [0, 0.1) is 5.92 Å². The zero-order valence-corrected chi connectivity index (χ0v) is 14.5. The third-order valence-corrected chi connectivity index (χ3v) is 4.02. The molecule has 0 amide bonds. The molecule has 0 heterocycles. The van der Waals surface area contributed by atoms with Crippen LogP contribution in [0.5, 0.6) is 0 Å². The second-order valence-electron chi connectivity index (χ2n) is 6.36. The molecule has 1 saturated carbocycles. The van der Waals surface area contributed by atoms with Crippen LogP contribution in [0.25, 0.3) is 0 Å². The van der Waals surface area contributed by atoms with Gasteiger partial charge < -0.3 is 10.6 Å². The maximum absolute atomic E-state index is 12.9.